The van der Waals surface area contributed by atoms with Gasteiger partial charge in [0.1, 0.15) is 0 Å². The molecule has 0 saturated heterocycles. The highest BCUT2D eigenvalue weighted by Gasteiger charge is 2.31. The van der Waals surface area contributed by atoms with Crippen LogP contribution in [-0.4, -0.2) is 35.3 Å². The fourth-order valence-electron chi connectivity index (χ4n) is 2.54. The van der Waals surface area contributed by atoms with E-state index in [9.17, 15) is 4.79 Å². The summed E-state index contributed by atoms with van der Waals surface area (Å²) in [6, 6.07) is 0. The molecular formula is C13H21N3O3. The van der Waals surface area contributed by atoms with E-state index in [-0.39, 0.29) is 17.3 Å². The third kappa shape index (κ3) is 3.53. The standard InChI is InChI=1S/C13H21N3O3/c1-10-15-11(16-19-10)12(17)14-9-13(18-2)7-5-3-4-6-8-13/h3-9H2,1-2H3,(H,14,17). The van der Waals surface area contributed by atoms with Gasteiger partial charge in [-0.2, -0.15) is 4.98 Å². The van der Waals surface area contributed by atoms with Crippen molar-refractivity contribution in [1.29, 1.82) is 0 Å². The van der Waals surface area contributed by atoms with Gasteiger partial charge in [0.25, 0.3) is 11.7 Å². The molecule has 1 fully saturated rings. The third-order valence-electron chi connectivity index (χ3n) is 3.75. The van der Waals surface area contributed by atoms with Gasteiger partial charge in [-0.25, -0.2) is 0 Å². The number of ether oxygens (including phenoxy) is 1. The fourth-order valence-corrected chi connectivity index (χ4v) is 2.54. The maximum Gasteiger partial charge on any atom is 0.292 e. The first-order chi connectivity index (χ1) is 9.15. The van der Waals surface area contributed by atoms with E-state index in [1.165, 1.54) is 12.8 Å². The van der Waals surface area contributed by atoms with Gasteiger partial charge >= 0.3 is 0 Å². The lowest BCUT2D eigenvalue weighted by atomic mass is 9.94. The molecule has 1 aromatic rings. The quantitative estimate of drug-likeness (QED) is 0.842. The van der Waals surface area contributed by atoms with Crippen molar-refractivity contribution in [3.8, 4) is 0 Å². The Kier molecular flexibility index (Phi) is 4.52. The van der Waals surface area contributed by atoms with Gasteiger partial charge in [-0.05, 0) is 12.8 Å². The molecule has 1 aromatic heterocycles. The molecule has 6 heteroatoms. The van der Waals surface area contributed by atoms with Crippen LogP contribution < -0.4 is 5.32 Å². The Morgan fingerprint density at radius 2 is 2.05 bits per heavy atom. The normalized spacial score (nSPS) is 18.8. The molecule has 1 aliphatic rings. The van der Waals surface area contributed by atoms with Crippen LogP contribution in [0.4, 0.5) is 0 Å². The summed E-state index contributed by atoms with van der Waals surface area (Å²) >= 11 is 0. The predicted octanol–water partition coefficient (Wildman–Crippen LogP) is 1.85. The van der Waals surface area contributed by atoms with E-state index < -0.39 is 0 Å². The summed E-state index contributed by atoms with van der Waals surface area (Å²) in [4.78, 5) is 15.8. The first kappa shape index (κ1) is 14.0. The van der Waals surface area contributed by atoms with E-state index in [1.54, 1.807) is 14.0 Å². The van der Waals surface area contributed by atoms with Crippen LogP contribution in [0.25, 0.3) is 0 Å². The number of methoxy groups -OCH3 is 1. The van der Waals surface area contributed by atoms with Crippen molar-refractivity contribution < 1.29 is 14.1 Å². The second-order valence-corrected chi connectivity index (χ2v) is 5.12. The molecule has 1 heterocycles. The SMILES string of the molecule is COC1(CNC(=O)c2noc(C)n2)CCCCCC1. The number of aryl methyl sites for hydroxylation is 1. The highest BCUT2D eigenvalue weighted by Crippen LogP contribution is 2.29. The summed E-state index contributed by atoms with van der Waals surface area (Å²) in [6.45, 7) is 2.15. The Bertz CT molecular complexity index is 423. The number of carbonyl (C=O) groups is 1. The van der Waals surface area contributed by atoms with Gasteiger partial charge in [-0.15, -0.1) is 0 Å². The molecular weight excluding hydrogens is 246 g/mol. The first-order valence-electron chi connectivity index (χ1n) is 6.79. The van der Waals surface area contributed by atoms with Crippen molar-refractivity contribution in [1.82, 2.24) is 15.5 Å². The highest BCUT2D eigenvalue weighted by molar-refractivity contribution is 5.90. The number of nitrogens with zero attached hydrogens (tertiary/aromatic N) is 2. The molecule has 0 bridgehead atoms. The number of carbonyl (C=O) groups excluding carboxylic acids is 1. The number of aromatic nitrogens is 2. The maximum absolute atomic E-state index is 11.9. The molecule has 1 aliphatic carbocycles. The summed E-state index contributed by atoms with van der Waals surface area (Å²) < 4.78 is 10.5. The average Bonchev–Trinajstić information content (AvgIpc) is 2.72. The fraction of sp³-hybridized carbons (Fsp3) is 0.769. The van der Waals surface area contributed by atoms with Gasteiger partial charge in [0.15, 0.2) is 0 Å². The maximum atomic E-state index is 11.9. The lowest BCUT2D eigenvalue weighted by Crippen LogP contribution is -2.44. The van der Waals surface area contributed by atoms with Crippen LogP contribution >= 0.6 is 0 Å². The topological polar surface area (TPSA) is 77.2 Å². The minimum Gasteiger partial charge on any atom is -0.376 e. The van der Waals surface area contributed by atoms with Crippen molar-refractivity contribution in [2.75, 3.05) is 13.7 Å². The zero-order valence-corrected chi connectivity index (χ0v) is 11.6. The summed E-state index contributed by atoms with van der Waals surface area (Å²) in [5, 5.41) is 6.46. The zero-order chi connectivity index (χ0) is 13.7. The lowest BCUT2D eigenvalue weighted by molar-refractivity contribution is -0.0205. The van der Waals surface area contributed by atoms with Crippen molar-refractivity contribution in [3.05, 3.63) is 11.7 Å². The molecule has 1 amide bonds. The van der Waals surface area contributed by atoms with E-state index in [4.69, 9.17) is 9.26 Å². The van der Waals surface area contributed by atoms with Crippen molar-refractivity contribution in [2.45, 2.75) is 51.0 Å². The largest absolute Gasteiger partial charge is 0.376 e. The van der Waals surface area contributed by atoms with Gasteiger partial charge in [0, 0.05) is 20.6 Å². The first-order valence-corrected chi connectivity index (χ1v) is 6.79. The van der Waals surface area contributed by atoms with E-state index in [2.05, 4.69) is 15.5 Å². The highest BCUT2D eigenvalue weighted by atomic mass is 16.5. The van der Waals surface area contributed by atoms with Crippen LogP contribution in [0.15, 0.2) is 4.52 Å². The molecule has 1 saturated carbocycles. The van der Waals surface area contributed by atoms with Crippen LogP contribution in [0.5, 0.6) is 0 Å². The Morgan fingerprint density at radius 3 is 2.58 bits per heavy atom. The summed E-state index contributed by atoms with van der Waals surface area (Å²) in [5.41, 5.74) is -0.245. The molecule has 0 radical (unpaired) electrons. The van der Waals surface area contributed by atoms with E-state index in [0.717, 1.165) is 25.7 Å². The average molecular weight is 267 g/mol. The number of hydrogen-bond donors (Lipinski definition) is 1. The van der Waals surface area contributed by atoms with Crippen LogP contribution in [0.2, 0.25) is 0 Å². The Hall–Kier alpha value is -1.43. The predicted molar refractivity (Wildman–Crippen MR) is 68.8 cm³/mol. The van der Waals surface area contributed by atoms with E-state index in [1.807, 2.05) is 0 Å². The monoisotopic (exact) mass is 267 g/mol. The van der Waals surface area contributed by atoms with Gasteiger partial charge in [0.2, 0.25) is 5.89 Å². The summed E-state index contributed by atoms with van der Waals surface area (Å²) in [6.07, 6.45) is 6.73. The van der Waals surface area contributed by atoms with Gasteiger partial charge in [-0.3, -0.25) is 4.79 Å². The Labute approximate surface area is 112 Å². The van der Waals surface area contributed by atoms with Crippen LogP contribution in [-0.2, 0) is 4.74 Å². The van der Waals surface area contributed by atoms with Crippen LogP contribution in [0.1, 0.15) is 55.0 Å². The lowest BCUT2D eigenvalue weighted by Gasteiger charge is -2.31. The molecule has 19 heavy (non-hydrogen) atoms. The third-order valence-corrected chi connectivity index (χ3v) is 3.75. The number of nitrogens with one attached hydrogen (secondary N) is 1. The number of hydrogen-bond acceptors (Lipinski definition) is 5. The minimum absolute atomic E-state index is 0.0809. The van der Waals surface area contributed by atoms with Crippen molar-refractivity contribution >= 4 is 5.91 Å². The second-order valence-electron chi connectivity index (χ2n) is 5.12. The van der Waals surface area contributed by atoms with Gasteiger partial charge < -0.3 is 14.6 Å². The van der Waals surface area contributed by atoms with Crippen molar-refractivity contribution in [2.24, 2.45) is 0 Å². The smallest absolute Gasteiger partial charge is 0.292 e. The Morgan fingerprint density at radius 1 is 1.37 bits per heavy atom. The minimum atomic E-state index is -0.308. The molecule has 0 aliphatic heterocycles. The summed E-state index contributed by atoms with van der Waals surface area (Å²) in [5.74, 6) is 0.163. The molecule has 1 N–H and O–H groups in total. The molecule has 106 valence electrons. The van der Waals surface area contributed by atoms with E-state index >= 15 is 0 Å². The molecule has 0 aromatic carbocycles. The molecule has 6 nitrogen and oxygen atoms in total. The molecule has 0 atom stereocenters. The second kappa shape index (κ2) is 6.14. The van der Waals surface area contributed by atoms with Crippen molar-refractivity contribution in [3.63, 3.8) is 0 Å². The Balaban J connectivity index is 1.93. The van der Waals surface area contributed by atoms with Crippen LogP contribution in [0, 0.1) is 6.92 Å². The van der Waals surface area contributed by atoms with Gasteiger partial charge in [-0.1, -0.05) is 30.8 Å². The molecule has 2 rings (SSSR count). The number of amides is 1. The number of rotatable bonds is 4. The van der Waals surface area contributed by atoms with Crippen LogP contribution in [0.3, 0.4) is 0 Å². The molecule has 0 unspecified atom stereocenters. The van der Waals surface area contributed by atoms with E-state index in [0.29, 0.717) is 12.4 Å². The summed E-state index contributed by atoms with van der Waals surface area (Å²) in [7, 11) is 1.72. The molecule has 0 spiro atoms. The zero-order valence-electron chi connectivity index (χ0n) is 11.6. The van der Waals surface area contributed by atoms with Gasteiger partial charge in [0.05, 0.1) is 5.60 Å².